The summed E-state index contributed by atoms with van der Waals surface area (Å²) in [5.41, 5.74) is 1.42. The number of ether oxygens (including phenoxy) is 1. The highest BCUT2D eigenvalue weighted by atomic mass is 16.5. The Hall–Kier alpha value is -1.02. The molecular weight excluding hydrogens is 246 g/mol. The molecule has 112 valence electrons. The first-order valence-corrected chi connectivity index (χ1v) is 8.30. The van der Waals surface area contributed by atoms with Gasteiger partial charge in [0.1, 0.15) is 5.75 Å². The third-order valence-electron chi connectivity index (χ3n) is 4.24. The quantitative estimate of drug-likeness (QED) is 0.754. The van der Waals surface area contributed by atoms with Gasteiger partial charge in [0.05, 0.1) is 6.61 Å². The normalized spacial score (nSPS) is 19.2. The van der Waals surface area contributed by atoms with Gasteiger partial charge < -0.3 is 10.1 Å². The maximum Gasteiger partial charge on any atom is 0.122 e. The van der Waals surface area contributed by atoms with Crippen LogP contribution in [0.25, 0.3) is 0 Å². The fourth-order valence-corrected chi connectivity index (χ4v) is 3.11. The summed E-state index contributed by atoms with van der Waals surface area (Å²) in [6.45, 7) is 6.53. The van der Waals surface area contributed by atoms with E-state index in [4.69, 9.17) is 4.74 Å². The molecule has 2 heteroatoms. The zero-order valence-corrected chi connectivity index (χ0v) is 13.0. The smallest absolute Gasteiger partial charge is 0.122 e. The second-order valence-corrected chi connectivity index (χ2v) is 5.90. The SMILES string of the molecule is CCCCC(CC1CCOc2ccccc21)NCCC. The van der Waals surface area contributed by atoms with Gasteiger partial charge in [0, 0.05) is 6.04 Å². The predicted octanol–water partition coefficient (Wildman–Crippen LogP) is 4.50. The molecule has 0 radical (unpaired) electrons. The van der Waals surface area contributed by atoms with Crippen molar-refractivity contribution in [2.75, 3.05) is 13.2 Å². The fraction of sp³-hybridized carbons (Fsp3) is 0.667. The van der Waals surface area contributed by atoms with E-state index < -0.39 is 0 Å². The van der Waals surface area contributed by atoms with Gasteiger partial charge in [0.25, 0.3) is 0 Å². The van der Waals surface area contributed by atoms with Crippen molar-refractivity contribution < 1.29 is 4.74 Å². The molecule has 1 aliphatic rings. The number of nitrogens with one attached hydrogen (secondary N) is 1. The molecule has 0 amide bonds. The molecule has 2 unspecified atom stereocenters. The van der Waals surface area contributed by atoms with E-state index in [1.54, 1.807) is 0 Å². The van der Waals surface area contributed by atoms with E-state index in [9.17, 15) is 0 Å². The maximum absolute atomic E-state index is 5.78. The molecule has 0 aliphatic carbocycles. The first kappa shape index (κ1) is 15.4. The van der Waals surface area contributed by atoms with Crippen molar-refractivity contribution in [3.8, 4) is 5.75 Å². The highest BCUT2D eigenvalue weighted by Crippen LogP contribution is 2.36. The van der Waals surface area contributed by atoms with Crippen LogP contribution in [0.1, 0.15) is 63.9 Å². The Morgan fingerprint density at radius 3 is 2.90 bits per heavy atom. The van der Waals surface area contributed by atoms with Gasteiger partial charge in [-0.3, -0.25) is 0 Å². The van der Waals surface area contributed by atoms with Crippen molar-refractivity contribution >= 4 is 0 Å². The summed E-state index contributed by atoms with van der Waals surface area (Å²) in [6, 6.07) is 9.23. The number of hydrogen-bond acceptors (Lipinski definition) is 2. The van der Waals surface area contributed by atoms with Crippen LogP contribution in [0.4, 0.5) is 0 Å². The second kappa shape index (κ2) is 8.31. The molecule has 0 aromatic heterocycles. The molecule has 1 aliphatic heterocycles. The molecule has 0 saturated heterocycles. The molecule has 1 heterocycles. The largest absolute Gasteiger partial charge is 0.493 e. The number of para-hydroxylation sites is 1. The van der Waals surface area contributed by atoms with Crippen molar-refractivity contribution in [1.29, 1.82) is 0 Å². The number of fused-ring (bicyclic) bond motifs is 1. The first-order chi connectivity index (χ1) is 9.85. The van der Waals surface area contributed by atoms with Crippen LogP contribution in [-0.4, -0.2) is 19.2 Å². The molecule has 2 rings (SSSR count). The van der Waals surface area contributed by atoms with Crippen molar-refractivity contribution in [3.63, 3.8) is 0 Å². The van der Waals surface area contributed by atoms with Crippen molar-refractivity contribution in [1.82, 2.24) is 5.32 Å². The van der Waals surface area contributed by atoms with Crippen LogP contribution in [-0.2, 0) is 0 Å². The van der Waals surface area contributed by atoms with Crippen LogP contribution in [0.15, 0.2) is 24.3 Å². The highest BCUT2D eigenvalue weighted by molar-refractivity contribution is 5.37. The van der Waals surface area contributed by atoms with E-state index in [-0.39, 0.29) is 0 Å². The molecule has 2 atom stereocenters. The van der Waals surface area contributed by atoms with E-state index in [0.717, 1.165) is 25.3 Å². The van der Waals surface area contributed by atoms with Crippen LogP contribution >= 0.6 is 0 Å². The fourth-order valence-electron chi connectivity index (χ4n) is 3.11. The summed E-state index contributed by atoms with van der Waals surface area (Å²) < 4.78 is 5.78. The average molecular weight is 275 g/mol. The molecule has 0 saturated carbocycles. The van der Waals surface area contributed by atoms with Gasteiger partial charge in [-0.1, -0.05) is 44.9 Å². The third-order valence-corrected chi connectivity index (χ3v) is 4.24. The average Bonchev–Trinajstić information content (AvgIpc) is 2.50. The number of hydrogen-bond donors (Lipinski definition) is 1. The molecule has 20 heavy (non-hydrogen) atoms. The van der Waals surface area contributed by atoms with Gasteiger partial charge >= 0.3 is 0 Å². The second-order valence-electron chi connectivity index (χ2n) is 5.90. The molecule has 0 fully saturated rings. The summed E-state index contributed by atoms with van der Waals surface area (Å²) in [5.74, 6) is 1.76. The lowest BCUT2D eigenvalue weighted by atomic mass is 9.86. The Labute approximate surface area is 123 Å². The predicted molar refractivity (Wildman–Crippen MR) is 85.5 cm³/mol. The molecule has 1 aromatic carbocycles. The Morgan fingerprint density at radius 2 is 2.10 bits per heavy atom. The van der Waals surface area contributed by atoms with Crippen LogP contribution in [0, 0.1) is 0 Å². The van der Waals surface area contributed by atoms with E-state index in [0.29, 0.717) is 12.0 Å². The Morgan fingerprint density at radius 1 is 1.25 bits per heavy atom. The third kappa shape index (κ3) is 4.24. The monoisotopic (exact) mass is 275 g/mol. The van der Waals surface area contributed by atoms with Crippen molar-refractivity contribution in [2.24, 2.45) is 0 Å². The lowest BCUT2D eigenvalue weighted by Gasteiger charge is -2.29. The number of benzene rings is 1. The Bertz CT molecular complexity index is 383. The van der Waals surface area contributed by atoms with Gasteiger partial charge in [-0.2, -0.15) is 0 Å². The maximum atomic E-state index is 5.78. The van der Waals surface area contributed by atoms with E-state index in [2.05, 4.69) is 43.4 Å². The minimum Gasteiger partial charge on any atom is -0.493 e. The summed E-state index contributed by atoms with van der Waals surface area (Å²) in [7, 11) is 0. The molecular formula is C18H29NO. The van der Waals surface area contributed by atoms with Gasteiger partial charge in [-0.25, -0.2) is 0 Å². The summed E-state index contributed by atoms with van der Waals surface area (Å²) in [6.07, 6.45) is 7.54. The van der Waals surface area contributed by atoms with Gasteiger partial charge in [0.15, 0.2) is 0 Å². The zero-order valence-electron chi connectivity index (χ0n) is 13.0. The summed E-state index contributed by atoms with van der Waals surface area (Å²) in [5, 5.41) is 3.74. The summed E-state index contributed by atoms with van der Waals surface area (Å²) in [4.78, 5) is 0. The van der Waals surface area contributed by atoms with E-state index >= 15 is 0 Å². The first-order valence-electron chi connectivity index (χ1n) is 8.30. The molecule has 1 aromatic rings. The van der Waals surface area contributed by atoms with Crippen LogP contribution in [0.2, 0.25) is 0 Å². The minimum absolute atomic E-state index is 0.658. The molecule has 2 nitrogen and oxygen atoms in total. The van der Waals surface area contributed by atoms with Crippen molar-refractivity contribution in [2.45, 2.75) is 64.3 Å². The van der Waals surface area contributed by atoms with Gasteiger partial charge in [0.2, 0.25) is 0 Å². The molecule has 0 spiro atoms. The van der Waals surface area contributed by atoms with E-state index in [1.165, 1.54) is 37.7 Å². The van der Waals surface area contributed by atoms with E-state index in [1.807, 2.05) is 0 Å². The topological polar surface area (TPSA) is 21.3 Å². The van der Waals surface area contributed by atoms with Crippen molar-refractivity contribution in [3.05, 3.63) is 29.8 Å². The summed E-state index contributed by atoms with van der Waals surface area (Å²) >= 11 is 0. The minimum atomic E-state index is 0.658. The lowest BCUT2D eigenvalue weighted by molar-refractivity contribution is 0.252. The molecule has 0 bridgehead atoms. The highest BCUT2D eigenvalue weighted by Gasteiger charge is 2.23. The standard InChI is InChI=1S/C18H29NO/c1-3-5-8-16(19-12-4-2)14-15-11-13-20-18-10-7-6-9-17(15)18/h6-7,9-10,15-16,19H,3-5,8,11-14H2,1-2H3. The number of unbranched alkanes of at least 4 members (excludes halogenated alkanes) is 1. The number of rotatable bonds is 8. The molecule has 1 N–H and O–H groups in total. The Kier molecular flexibility index (Phi) is 6.38. The van der Waals surface area contributed by atoms with Crippen LogP contribution in [0.3, 0.4) is 0 Å². The van der Waals surface area contributed by atoms with Crippen LogP contribution < -0.4 is 10.1 Å². The Balaban J connectivity index is 1.99. The van der Waals surface area contributed by atoms with Gasteiger partial charge in [-0.15, -0.1) is 0 Å². The zero-order chi connectivity index (χ0) is 14.2. The van der Waals surface area contributed by atoms with Crippen LogP contribution in [0.5, 0.6) is 5.75 Å². The van der Waals surface area contributed by atoms with Gasteiger partial charge in [-0.05, 0) is 49.8 Å². The lowest BCUT2D eigenvalue weighted by Crippen LogP contribution is -2.32.